The molecule has 0 saturated heterocycles. The zero-order chi connectivity index (χ0) is 12.3. The first kappa shape index (κ1) is 12.4. The van der Waals surface area contributed by atoms with Crippen LogP contribution >= 0.6 is 11.6 Å². The van der Waals surface area contributed by atoms with E-state index < -0.39 is 22.1 Å². The van der Waals surface area contributed by atoms with E-state index in [1.807, 2.05) is 0 Å². The van der Waals surface area contributed by atoms with Gasteiger partial charge in [0.15, 0.2) is 5.56 Å². The summed E-state index contributed by atoms with van der Waals surface area (Å²) >= 11 is 5.36. The van der Waals surface area contributed by atoms with Crippen molar-refractivity contribution >= 4 is 23.3 Å². The second-order valence-corrected chi connectivity index (χ2v) is 3.27. The number of alkyl halides is 1. The van der Waals surface area contributed by atoms with Crippen molar-refractivity contribution < 1.29 is 19.6 Å². The summed E-state index contributed by atoms with van der Waals surface area (Å²) in [5.74, 6) is -0.817. The minimum Gasteiger partial charge on any atom is -0.465 e. The van der Waals surface area contributed by atoms with Gasteiger partial charge in [-0.25, -0.2) is 4.79 Å². The van der Waals surface area contributed by atoms with Gasteiger partial charge in [-0.15, -0.1) is 0 Å². The molecule has 1 aromatic carbocycles. The van der Waals surface area contributed by atoms with E-state index in [4.69, 9.17) is 16.7 Å². The lowest BCUT2D eigenvalue weighted by Crippen LogP contribution is -2.06. The van der Waals surface area contributed by atoms with Crippen molar-refractivity contribution in [1.82, 2.24) is 0 Å². The minimum atomic E-state index is -1.36. The van der Waals surface area contributed by atoms with Crippen molar-refractivity contribution in [2.45, 2.75) is 5.56 Å². The molecule has 0 heterocycles. The molecule has 6 nitrogen and oxygen atoms in total. The predicted molar refractivity (Wildman–Crippen MR) is 55.2 cm³/mol. The van der Waals surface area contributed by atoms with Gasteiger partial charge in [0.1, 0.15) is 5.56 Å². The van der Waals surface area contributed by atoms with Crippen LogP contribution in [0, 0.1) is 10.1 Å². The number of aliphatic hydroxyl groups is 1. The molecule has 0 aromatic heterocycles. The van der Waals surface area contributed by atoms with Gasteiger partial charge in [-0.3, -0.25) is 10.1 Å². The molecule has 0 saturated carbocycles. The third-order valence-corrected chi connectivity index (χ3v) is 2.15. The van der Waals surface area contributed by atoms with E-state index in [0.717, 1.165) is 13.2 Å². The first-order valence-corrected chi connectivity index (χ1v) is 4.59. The Morgan fingerprint density at radius 1 is 1.62 bits per heavy atom. The number of hydrogen-bond acceptors (Lipinski definition) is 5. The van der Waals surface area contributed by atoms with Gasteiger partial charge in [-0.2, -0.15) is 0 Å². The van der Waals surface area contributed by atoms with Crippen LogP contribution in [-0.2, 0) is 4.74 Å². The van der Waals surface area contributed by atoms with E-state index in [9.17, 15) is 14.9 Å². The Kier molecular flexibility index (Phi) is 3.81. The zero-order valence-corrected chi connectivity index (χ0v) is 8.97. The summed E-state index contributed by atoms with van der Waals surface area (Å²) in [6.07, 6.45) is 0. The molecular formula is C9H8ClNO5. The topological polar surface area (TPSA) is 89.7 Å². The molecule has 1 N–H and O–H groups in total. The molecule has 86 valence electrons. The van der Waals surface area contributed by atoms with E-state index >= 15 is 0 Å². The van der Waals surface area contributed by atoms with Crippen LogP contribution in [0.1, 0.15) is 21.5 Å². The molecule has 1 aromatic rings. The quantitative estimate of drug-likeness (QED) is 0.378. The Labute approximate surface area is 95.6 Å². The van der Waals surface area contributed by atoms with Gasteiger partial charge in [0, 0.05) is 11.6 Å². The lowest BCUT2D eigenvalue weighted by atomic mass is 10.1. The van der Waals surface area contributed by atoms with Crippen LogP contribution in [0.4, 0.5) is 5.69 Å². The third kappa shape index (κ3) is 2.47. The summed E-state index contributed by atoms with van der Waals surface area (Å²) in [5.41, 5.74) is -1.86. The molecule has 16 heavy (non-hydrogen) atoms. The third-order valence-electron chi connectivity index (χ3n) is 1.90. The second-order valence-electron chi connectivity index (χ2n) is 2.86. The maximum Gasteiger partial charge on any atom is 0.344 e. The standard InChI is InChI=1S/C9H8ClNO5/c1-16-9(13)6-3-2-5(8(10)12)4-7(6)11(14)15/h2-4,8,12H,1H3. The van der Waals surface area contributed by atoms with Crippen molar-refractivity contribution in [2.24, 2.45) is 0 Å². The smallest absolute Gasteiger partial charge is 0.344 e. The number of carbonyl (C=O) groups is 1. The lowest BCUT2D eigenvalue weighted by Gasteiger charge is -2.05. The van der Waals surface area contributed by atoms with E-state index in [0.29, 0.717) is 0 Å². The summed E-state index contributed by atoms with van der Waals surface area (Å²) in [6.45, 7) is 0. The number of hydrogen-bond donors (Lipinski definition) is 1. The Hall–Kier alpha value is -1.66. The monoisotopic (exact) mass is 245 g/mol. The molecule has 1 unspecified atom stereocenters. The van der Waals surface area contributed by atoms with E-state index in [1.54, 1.807) is 0 Å². The molecule has 1 atom stereocenters. The number of ether oxygens (including phenoxy) is 1. The average Bonchev–Trinajstić information content (AvgIpc) is 2.26. The Balaban J connectivity index is 3.30. The van der Waals surface area contributed by atoms with Crippen LogP contribution in [0.25, 0.3) is 0 Å². The maximum atomic E-state index is 11.2. The van der Waals surface area contributed by atoms with Crippen molar-refractivity contribution in [3.8, 4) is 0 Å². The number of esters is 1. The number of benzene rings is 1. The van der Waals surface area contributed by atoms with Gasteiger partial charge >= 0.3 is 5.97 Å². The van der Waals surface area contributed by atoms with Crippen molar-refractivity contribution in [3.05, 3.63) is 39.4 Å². The number of nitrogens with zero attached hydrogens (tertiary/aromatic N) is 1. The van der Waals surface area contributed by atoms with Crippen LogP contribution < -0.4 is 0 Å². The number of aliphatic hydroxyl groups excluding tert-OH is 1. The van der Waals surface area contributed by atoms with Gasteiger partial charge < -0.3 is 9.84 Å². The molecule has 0 aliphatic heterocycles. The molecule has 0 spiro atoms. The van der Waals surface area contributed by atoms with Gasteiger partial charge in [0.25, 0.3) is 5.69 Å². The number of carbonyl (C=O) groups excluding carboxylic acids is 1. The Bertz CT molecular complexity index is 432. The largest absolute Gasteiger partial charge is 0.465 e. The summed E-state index contributed by atoms with van der Waals surface area (Å²) in [7, 11) is 1.12. The molecule has 0 fully saturated rings. The first-order valence-electron chi connectivity index (χ1n) is 4.16. The van der Waals surface area contributed by atoms with Crippen LogP contribution in [0.2, 0.25) is 0 Å². The van der Waals surface area contributed by atoms with Crippen LogP contribution in [0.3, 0.4) is 0 Å². The van der Waals surface area contributed by atoms with E-state index in [2.05, 4.69) is 4.74 Å². The zero-order valence-electron chi connectivity index (χ0n) is 8.21. The SMILES string of the molecule is COC(=O)c1ccc(C(O)Cl)cc1[N+](=O)[O-]. The normalized spacial score (nSPS) is 11.9. The predicted octanol–water partition coefficient (Wildman–Crippen LogP) is 1.61. The summed E-state index contributed by atoms with van der Waals surface area (Å²) < 4.78 is 4.39. The van der Waals surface area contributed by atoms with Gasteiger partial charge in [-0.1, -0.05) is 17.7 Å². The van der Waals surface area contributed by atoms with Crippen molar-refractivity contribution in [1.29, 1.82) is 0 Å². The van der Waals surface area contributed by atoms with Crippen molar-refractivity contribution in [3.63, 3.8) is 0 Å². The highest BCUT2D eigenvalue weighted by Gasteiger charge is 2.22. The van der Waals surface area contributed by atoms with Crippen LogP contribution in [0.15, 0.2) is 18.2 Å². The molecule has 7 heteroatoms. The highest BCUT2D eigenvalue weighted by Crippen LogP contribution is 2.26. The number of nitro benzene ring substituents is 1. The van der Waals surface area contributed by atoms with Crippen molar-refractivity contribution in [2.75, 3.05) is 7.11 Å². The summed E-state index contributed by atoms with van der Waals surface area (Å²) in [6, 6.07) is 3.53. The average molecular weight is 246 g/mol. The molecule has 0 amide bonds. The minimum absolute atomic E-state index is 0.140. The highest BCUT2D eigenvalue weighted by atomic mass is 35.5. The molecular weight excluding hydrogens is 238 g/mol. The molecule has 0 aliphatic carbocycles. The van der Waals surface area contributed by atoms with Gasteiger partial charge in [-0.05, 0) is 6.07 Å². The fraction of sp³-hybridized carbons (Fsp3) is 0.222. The van der Waals surface area contributed by atoms with Gasteiger partial charge in [0.05, 0.1) is 12.0 Å². The molecule has 1 rings (SSSR count). The van der Waals surface area contributed by atoms with Gasteiger partial charge in [0.2, 0.25) is 0 Å². The van der Waals surface area contributed by atoms with E-state index in [-0.39, 0.29) is 11.1 Å². The fourth-order valence-electron chi connectivity index (χ4n) is 1.13. The number of halogens is 1. The summed E-state index contributed by atoms with van der Waals surface area (Å²) in [4.78, 5) is 21.1. The molecule has 0 aliphatic rings. The maximum absolute atomic E-state index is 11.2. The fourth-order valence-corrected chi connectivity index (χ4v) is 1.27. The first-order chi connectivity index (χ1) is 7.47. The Morgan fingerprint density at radius 3 is 2.69 bits per heavy atom. The summed E-state index contributed by atoms with van der Waals surface area (Å²) in [5, 5.41) is 19.7. The number of nitro groups is 1. The molecule has 0 radical (unpaired) electrons. The Morgan fingerprint density at radius 2 is 2.25 bits per heavy atom. The molecule has 0 bridgehead atoms. The highest BCUT2D eigenvalue weighted by molar-refractivity contribution is 6.19. The number of rotatable bonds is 3. The van der Waals surface area contributed by atoms with Crippen LogP contribution in [-0.4, -0.2) is 23.1 Å². The second kappa shape index (κ2) is 4.91. The number of methoxy groups -OCH3 is 1. The van der Waals surface area contributed by atoms with E-state index in [1.165, 1.54) is 12.1 Å². The lowest BCUT2D eigenvalue weighted by molar-refractivity contribution is -0.385. The van der Waals surface area contributed by atoms with Crippen LogP contribution in [0.5, 0.6) is 0 Å².